The number of ether oxygens (including phenoxy) is 1. The molecule has 0 amide bonds. The number of aliphatic hydroxyl groups excluding tert-OH is 1. The zero-order valence-corrected chi connectivity index (χ0v) is 6.29. The van der Waals surface area contributed by atoms with Crippen LogP contribution in [0.4, 0.5) is 0 Å². The van der Waals surface area contributed by atoms with Gasteiger partial charge in [-0.25, -0.2) is 0 Å². The molecule has 0 spiro atoms. The Balaban J connectivity index is 2.48. The first kappa shape index (κ1) is 7.76. The molecule has 0 aliphatic carbocycles. The number of aliphatic hydroxyl groups is 1. The molecule has 1 rings (SSSR count). The lowest BCUT2D eigenvalue weighted by Crippen LogP contribution is -2.18. The number of hydrogen-bond donors (Lipinski definition) is 1. The summed E-state index contributed by atoms with van der Waals surface area (Å²) in [6.45, 7) is 5.82. The van der Waals surface area contributed by atoms with E-state index in [2.05, 4.69) is 6.58 Å². The fourth-order valence-electron chi connectivity index (χ4n) is 1.42. The third kappa shape index (κ3) is 1.39. The second-order valence-electron chi connectivity index (χ2n) is 2.80. The van der Waals surface area contributed by atoms with Crippen molar-refractivity contribution in [3.8, 4) is 0 Å². The van der Waals surface area contributed by atoms with Gasteiger partial charge in [-0.1, -0.05) is 6.08 Å². The van der Waals surface area contributed by atoms with Crippen LogP contribution in [-0.4, -0.2) is 23.9 Å². The van der Waals surface area contributed by atoms with E-state index in [9.17, 15) is 0 Å². The van der Waals surface area contributed by atoms with Gasteiger partial charge in [-0.05, 0) is 13.3 Å². The predicted molar refractivity (Wildman–Crippen MR) is 39.7 cm³/mol. The van der Waals surface area contributed by atoms with Gasteiger partial charge in [-0.3, -0.25) is 0 Å². The van der Waals surface area contributed by atoms with Gasteiger partial charge in [0.15, 0.2) is 0 Å². The number of rotatable bonds is 2. The molecule has 0 radical (unpaired) electrons. The van der Waals surface area contributed by atoms with Gasteiger partial charge < -0.3 is 9.84 Å². The summed E-state index contributed by atoms with van der Waals surface area (Å²) < 4.78 is 5.39. The Morgan fingerprint density at radius 1 is 1.80 bits per heavy atom. The summed E-state index contributed by atoms with van der Waals surface area (Å²) in [7, 11) is 0. The molecule has 0 aromatic rings. The van der Waals surface area contributed by atoms with E-state index < -0.39 is 0 Å². The molecule has 0 bridgehead atoms. The largest absolute Gasteiger partial charge is 0.394 e. The van der Waals surface area contributed by atoms with Crippen molar-refractivity contribution < 1.29 is 9.84 Å². The molecule has 10 heavy (non-hydrogen) atoms. The summed E-state index contributed by atoms with van der Waals surface area (Å²) in [5.41, 5.74) is 0. The molecule has 1 N–H and O–H groups in total. The van der Waals surface area contributed by atoms with E-state index in [0.717, 1.165) is 6.42 Å². The van der Waals surface area contributed by atoms with E-state index in [1.165, 1.54) is 0 Å². The first-order chi connectivity index (χ1) is 4.77. The van der Waals surface area contributed by atoms with Gasteiger partial charge >= 0.3 is 0 Å². The molecule has 1 aliphatic heterocycles. The van der Waals surface area contributed by atoms with Crippen LogP contribution in [-0.2, 0) is 4.74 Å². The zero-order chi connectivity index (χ0) is 7.56. The quantitative estimate of drug-likeness (QED) is 0.582. The van der Waals surface area contributed by atoms with Crippen molar-refractivity contribution in [1.29, 1.82) is 0 Å². The van der Waals surface area contributed by atoms with Crippen molar-refractivity contribution in [3.05, 3.63) is 12.7 Å². The van der Waals surface area contributed by atoms with Gasteiger partial charge in [0.1, 0.15) is 0 Å². The molecule has 1 aliphatic rings. The first-order valence-corrected chi connectivity index (χ1v) is 3.66. The minimum Gasteiger partial charge on any atom is -0.394 e. The molecule has 1 unspecified atom stereocenters. The fraction of sp³-hybridized carbons (Fsp3) is 0.750. The van der Waals surface area contributed by atoms with Crippen LogP contribution in [0.3, 0.4) is 0 Å². The van der Waals surface area contributed by atoms with Crippen LogP contribution in [0.25, 0.3) is 0 Å². The third-order valence-corrected chi connectivity index (χ3v) is 1.97. The first-order valence-electron chi connectivity index (χ1n) is 3.66. The molecular weight excluding hydrogens is 128 g/mol. The molecule has 1 fully saturated rings. The second kappa shape index (κ2) is 3.17. The molecule has 3 atom stereocenters. The Morgan fingerprint density at radius 3 is 2.90 bits per heavy atom. The maximum atomic E-state index is 8.81. The van der Waals surface area contributed by atoms with Gasteiger partial charge in [-0.2, -0.15) is 0 Å². The minimum atomic E-state index is -0.00694. The Morgan fingerprint density at radius 2 is 2.50 bits per heavy atom. The van der Waals surface area contributed by atoms with Crippen LogP contribution < -0.4 is 0 Å². The Bertz CT molecular complexity index is 122. The Labute approximate surface area is 61.5 Å². The van der Waals surface area contributed by atoms with E-state index in [-0.39, 0.29) is 18.8 Å². The van der Waals surface area contributed by atoms with Gasteiger partial charge in [0.2, 0.25) is 0 Å². The molecule has 58 valence electrons. The molecule has 2 heteroatoms. The molecular formula is C8H14O2. The van der Waals surface area contributed by atoms with E-state index in [0.29, 0.717) is 5.92 Å². The van der Waals surface area contributed by atoms with Gasteiger partial charge in [-0.15, -0.1) is 6.58 Å². The highest BCUT2D eigenvalue weighted by molar-refractivity contribution is 4.91. The predicted octanol–water partition coefficient (Wildman–Crippen LogP) is 0.958. The van der Waals surface area contributed by atoms with E-state index in [4.69, 9.17) is 9.84 Å². The SMILES string of the molecule is C=CC1C[C@H](C)O[C@@H]1CO. The highest BCUT2D eigenvalue weighted by Gasteiger charge is 2.29. The maximum absolute atomic E-state index is 8.81. The molecule has 2 nitrogen and oxygen atoms in total. The van der Waals surface area contributed by atoms with Crippen molar-refractivity contribution in [2.75, 3.05) is 6.61 Å². The van der Waals surface area contributed by atoms with E-state index in [1.807, 2.05) is 13.0 Å². The fourth-order valence-corrected chi connectivity index (χ4v) is 1.42. The normalized spacial score (nSPS) is 40.0. The Kier molecular flexibility index (Phi) is 2.46. The highest BCUT2D eigenvalue weighted by atomic mass is 16.5. The summed E-state index contributed by atoms with van der Waals surface area (Å²) in [6.07, 6.45) is 3.13. The lowest BCUT2D eigenvalue weighted by Gasteiger charge is -2.10. The van der Waals surface area contributed by atoms with Crippen molar-refractivity contribution >= 4 is 0 Å². The summed E-state index contributed by atoms with van der Waals surface area (Å²) in [5.74, 6) is 0.347. The summed E-state index contributed by atoms with van der Waals surface area (Å²) in [5, 5.41) is 8.81. The summed E-state index contributed by atoms with van der Waals surface area (Å²) in [6, 6.07) is 0. The molecule has 0 aromatic heterocycles. The molecule has 1 heterocycles. The standard InChI is InChI=1S/C8H14O2/c1-3-7-4-6(2)10-8(7)5-9/h3,6-9H,1,4-5H2,2H3/t6-,7?,8+/m0/s1. The van der Waals surface area contributed by atoms with Crippen LogP contribution in [0.15, 0.2) is 12.7 Å². The van der Waals surface area contributed by atoms with E-state index in [1.54, 1.807) is 0 Å². The van der Waals surface area contributed by atoms with Crippen molar-refractivity contribution in [3.63, 3.8) is 0 Å². The minimum absolute atomic E-state index is 0.00694. The summed E-state index contributed by atoms with van der Waals surface area (Å²) >= 11 is 0. The lowest BCUT2D eigenvalue weighted by atomic mass is 10.0. The Hall–Kier alpha value is -0.340. The van der Waals surface area contributed by atoms with Gasteiger partial charge in [0, 0.05) is 5.92 Å². The van der Waals surface area contributed by atoms with Crippen molar-refractivity contribution in [1.82, 2.24) is 0 Å². The molecule has 0 saturated carbocycles. The topological polar surface area (TPSA) is 29.5 Å². The summed E-state index contributed by atoms with van der Waals surface area (Å²) in [4.78, 5) is 0. The van der Waals surface area contributed by atoms with Gasteiger partial charge in [0.25, 0.3) is 0 Å². The smallest absolute Gasteiger partial charge is 0.0872 e. The zero-order valence-electron chi connectivity index (χ0n) is 6.29. The van der Waals surface area contributed by atoms with E-state index >= 15 is 0 Å². The van der Waals surface area contributed by atoms with Crippen LogP contribution >= 0.6 is 0 Å². The van der Waals surface area contributed by atoms with Crippen LogP contribution in [0.1, 0.15) is 13.3 Å². The van der Waals surface area contributed by atoms with Crippen LogP contribution in [0.5, 0.6) is 0 Å². The number of hydrogen-bond acceptors (Lipinski definition) is 2. The lowest BCUT2D eigenvalue weighted by molar-refractivity contribution is 0.0119. The molecule has 0 aromatic carbocycles. The van der Waals surface area contributed by atoms with Crippen LogP contribution in [0, 0.1) is 5.92 Å². The van der Waals surface area contributed by atoms with Crippen LogP contribution in [0.2, 0.25) is 0 Å². The maximum Gasteiger partial charge on any atom is 0.0872 e. The third-order valence-electron chi connectivity index (χ3n) is 1.97. The average Bonchev–Trinajstić information content (AvgIpc) is 2.30. The van der Waals surface area contributed by atoms with Crippen molar-refractivity contribution in [2.45, 2.75) is 25.6 Å². The second-order valence-corrected chi connectivity index (χ2v) is 2.80. The van der Waals surface area contributed by atoms with Crippen molar-refractivity contribution in [2.24, 2.45) is 5.92 Å². The molecule has 1 saturated heterocycles. The highest BCUT2D eigenvalue weighted by Crippen LogP contribution is 2.26. The average molecular weight is 142 g/mol. The monoisotopic (exact) mass is 142 g/mol. The van der Waals surface area contributed by atoms with Gasteiger partial charge in [0.05, 0.1) is 18.8 Å².